The third-order valence-electron chi connectivity index (χ3n) is 3.48. The maximum Gasteiger partial charge on any atom is 0.137 e. The first-order chi connectivity index (χ1) is 8.05. The van der Waals surface area contributed by atoms with Crippen LogP contribution in [0.1, 0.15) is 25.3 Å². The van der Waals surface area contributed by atoms with Gasteiger partial charge in [0.1, 0.15) is 11.4 Å². The van der Waals surface area contributed by atoms with E-state index < -0.39 is 5.60 Å². The normalized spacial score (nSPS) is 23.4. The van der Waals surface area contributed by atoms with E-state index in [4.69, 9.17) is 16.3 Å². The van der Waals surface area contributed by atoms with Gasteiger partial charge in [0, 0.05) is 6.04 Å². The van der Waals surface area contributed by atoms with Crippen molar-refractivity contribution >= 4 is 11.6 Å². The molecule has 2 N–H and O–H groups in total. The molecule has 1 heterocycles. The molecule has 0 amide bonds. The van der Waals surface area contributed by atoms with Crippen LogP contribution >= 0.6 is 11.6 Å². The van der Waals surface area contributed by atoms with Crippen LogP contribution in [0.4, 0.5) is 0 Å². The molecule has 1 aliphatic rings. The van der Waals surface area contributed by atoms with Gasteiger partial charge in [0.25, 0.3) is 0 Å². The zero-order valence-corrected chi connectivity index (χ0v) is 10.9. The molecular weight excluding hydrogens is 238 g/mol. The summed E-state index contributed by atoms with van der Waals surface area (Å²) in [5, 5.41) is 14.5. The lowest BCUT2D eigenvalue weighted by Crippen LogP contribution is -2.42. The zero-order chi connectivity index (χ0) is 12.5. The number of ether oxygens (including phenoxy) is 1. The van der Waals surface area contributed by atoms with Gasteiger partial charge >= 0.3 is 0 Å². The zero-order valence-electron chi connectivity index (χ0n) is 10.2. The lowest BCUT2D eigenvalue weighted by Gasteiger charge is -2.31. The van der Waals surface area contributed by atoms with Crippen molar-refractivity contribution in [2.24, 2.45) is 0 Å². The Hall–Kier alpha value is -0.770. The number of rotatable bonds is 3. The molecule has 2 atom stereocenters. The van der Waals surface area contributed by atoms with Crippen LogP contribution in [-0.4, -0.2) is 24.8 Å². The molecule has 1 aromatic carbocycles. The largest absolute Gasteiger partial charge is 0.495 e. The smallest absolute Gasteiger partial charge is 0.137 e. The van der Waals surface area contributed by atoms with Gasteiger partial charge in [-0.1, -0.05) is 17.7 Å². The van der Waals surface area contributed by atoms with Crippen molar-refractivity contribution in [2.45, 2.75) is 31.4 Å². The second kappa shape index (κ2) is 4.84. The highest BCUT2D eigenvalue weighted by Crippen LogP contribution is 2.34. The van der Waals surface area contributed by atoms with Gasteiger partial charge in [-0.2, -0.15) is 0 Å². The van der Waals surface area contributed by atoms with Crippen molar-refractivity contribution in [3.63, 3.8) is 0 Å². The molecular formula is C13H18ClNO2. The van der Waals surface area contributed by atoms with Gasteiger partial charge in [-0.3, -0.25) is 0 Å². The Kier molecular flexibility index (Phi) is 3.61. The number of halogens is 1. The quantitative estimate of drug-likeness (QED) is 0.871. The van der Waals surface area contributed by atoms with Crippen molar-refractivity contribution in [2.75, 3.05) is 13.7 Å². The Balaban J connectivity index is 2.29. The van der Waals surface area contributed by atoms with E-state index in [9.17, 15) is 5.11 Å². The maximum absolute atomic E-state index is 10.6. The molecule has 0 radical (unpaired) electrons. The average Bonchev–Trinajstić information content (AvgIpc) is 2.83. The summed E-state index contributed by atoms with van der Waals surface area (Å²) in [6, 6.07) is 5.53. The summed E-state index contributed by atoms with van der Waals surface area (Å²) in [7, 11) is 1.58. The highest BCUT2D eigenvalue weighted by atomic mass is 35.5. The van der Waals surface area contributed by atoms with Crippen LogP contribution < -0.4 is 10.1 Å². The van der Waals surface area contributed by atoms with Gasteiger partial charge in [-0.15, -0.1) is 0 Å². The predicted octanol–water partition coefficient (Wildman–Crippen LogP) is 2.31. The predicted molar refractivity (Wildman–Crippen MR) is 68.6 cm³/mol. The van der Waals surface area contributed by atoms with E-state index in [0.717, 1.165) is 24.9 Å². The third-order valence-corrected chi connectivity index (χ3v) is 3.77. The van der Waals surface area contributed by atoms with Crippen molar-refractivity contribution < 1.29 is 9.84 Å². The fraction of sp³-hybridized carbons (Fsp3) is 0.538. The van der Waals surface area contributed by atoms with Crippen LogP contribution in [0, 0.1) is 0 Å². The highest BCUT2D eigenvalue weighted by molar-refractivity contribution is 6.32. The molecule has 1 saturated heterocycles. The van der Waals surface area contributed by atoms with Crippen LogP contribution in [0.25, 0.3) is 0 Å². The summed E-state index contributed by atoms with van der Waals surface area (Å²) in [5.74, 6) is 0.630. The topological polar surface area (TPSA) is 41.5 Å². The summed E-state index contributed by atoms with van der Waals surface area (Å²) in [6.45, 7) is 2.79. The molecule has 1 aliphatic heterocycles. The van der Waals surface area contributed by atoms with Gasteiger partial charge in [0.05, 0.1) is 12.1 Å². The van der Waals surface area contributed by atoms with E-state index in [2.05, 4.69) is 5.32 Å². The number of aliphatic hydroxyl groups is 1. The Labute approximate surface area is 107 Å². The minimum absolute atomic E-state index is 0.0898. The fourth-order valence-corrected chi connectivity index (χ4v) is 2.60. The van der Waals surface area contributed by atoms with E-state index in [1.165, 1.54) is 0 Å². The lowest BCUT2D eigenvalue weighted by molar-refractivity contribution is 0.0218. The average molecular weight is 256 g/mol. The second-order valence-electron chi connectivity index (χ2n) is 4.65. The van der Waals surface area contributed by atoms with E-state index >= 15 is 0 Å². The Morgan fingerprint density at radius 2 is 2.29 bits per heavy atom. The number of methoxy groups -OCH3 is 1. The van der Waals surface area contributed by atoms with E-state index in [1.807, 2.05) is 13.0 Å². The minimum atomic E-state index is -0.896. The van der Waals surface area contributed by atoms with Gasteiger partial charge < -0.3 is 15.2 Å². The molecule has 17 heavy (non-hydrogen) atoms. The number of nitrogens with one attached hydrogen (secondary N) is 1. The van der Waals surface area contributed by atoms with Crippen molar-refractivity contribution in [1.29, 1.82) is 0 Å². The second-order valence-corrected chi connectivity index (χ2v) is 5.05. The minimum Gasteiger partial charge on any atom is -0.495 e. The van der Waals surface area contributed by atoms with E-state index in [-0.39, 0.29) is 6.04 Å². The molecule has 0 saturated carbocycles. The molecule has 94 valence electrons. The van der Waals surface area contributed by atoms with Crippen LogP contribution in [0.3, 0.4) is 0 Å². The third kappa shape index (κ3) is 2.41. The fourth-order valence-electron chi connectivity index (χ4n) is 2.35. The molecule has 0 spiro atoms. The molecule has 1 fully saturated rings. The molecule has 0 aliphatic carbocycles. The van der Waals surface area contributed by atoms with Crippen LogP contribution in [0.2, 0.25) is 5.02 Å². The van der Waals surface area contributed by atoms with Crippen LogP contribution in [0.5, 0.6) is 5.75 Å². The molecule has 4 heteroatoms. The molecule has 0 bridgehead atoms. The SMILES string of the molecule is COc1ccc(C(C)(O)C2CCCN2)cc1Cl. The first-order valence-electron chi connectivity index (χ1n) is 5.85. The Morgan fingerprint density at radius 3 is 2.82 bits per heavy atom. The summed E-state index contributed by atoms with van der Waals surface area (Å²) >= 11 is 6.09. The molecule has 2 unspecified atom stereocenters. The highest BCUT2D eigenvalue weighted by Gasteiger charge is 2.35. The summed E-state index contributed by atoms with van der Waals surface area (Å²) < 4.78 is 5.11. The maximum atomic E-state index is 10.6. The number of hydrogen-bond donors (Lipinski definition) is 2. The Bertz CT molecular complexity index is 400. The van der Waals surface area contributed by atoms with Crippen molar-refractivity contribution in [3.05, 3.63) is 28.8 Å². The first kappa shape index (κ1) is 12.7. The molecule has 3 nitrogen and oxygen atoms in total. The van der Waals surface area contributed by atoms with Crippen LogP contribution in [-0.2, 0) is 5.60 Å². The Morgan fingerprint density at radius 1 is 1.53 bits per heavy atom. The summed E-state index contributed by atoms with van der Waals surface area (Å²) in [4.78, 5) is 0. The number of hydrogen-bond acceptors (Lipinski definition) is 3. The lowest BCUT2D eigenvalue weighted by atomic mass is 9.87. The van der Waals surface area contributed by atoms with Crippen LogP contribution in [0.15, 0.2) is 18.2 Å². The monoisotopic (exact) mass is 255 g/mol. The molecule has 1 aromatic rings. The van der Waals surface area contributed by atoms with E-state index in [0.29, 0.717) is 10.8 Å². The van der Waals surface area contributed by atoms with Gasteiger partial charge in [0.2, 0.25) is 0 Å². The van der Waals surface area contributed by atoms with Crippen molar-refractivity contribution in [1.82, 2.24) is 5.32 Å². The van der Waals surface area contributed by atoms with Gasteiger partial charge in [-0.25, -0.2) is 0 Å². The number of benzene rings is 1. The van der Waals surface area contributed by atoms with Gasteiger partial charge in [-0.05, 0) is 44.0 Å². The molecule has 2 rings (SSSR count). The van der Waals surface area contributed by atoms with Gasteiger partial charge in [0.15, 0.2) is 0 Å². The standard InChI is InChI=1S/C13H18ClNO2/c1-13(16,12-4-3-7-15-12)9-5-6-11(17-2)10(14)8-9/h5-6,8,12,15-16H,3-4,7H2,1-2H3. The first-order valence-corrected chi connectivity index (χ1v) is 6.23. The summed E-state index contributed by atoms with van der Waals surface area (Å²) in [6.07, 6.45) is 2.08. The summed E-state index contributed by atoms with van der Waals surface area (Å²) in [5.41, 5.74) is -0.0745. The van der Waals surface area contributed by atoms with E-state index in [1.54, 1.807) is 19.2 Å². The molecule has 0 aromatic heterocycles. The van der Waals surface area contributed by atoms with Crippen molar-refractivity contribution in [3.8, 4) is 5.75 Å².